The summed E-state index contributed by atoms with van der Waals surface area (Å²) in [5.41, 5.74) is 0. The highest BCUT2D eigenvalue weighted by Crippen LogP contribution is 2.25. The lowest BCUT2D eigenvalue weighted by Gasteiger charge is -2.10. The van der Waals surface area contributed by atoms with E-state index < -0.39 is 6.10 Å². The largest absolute Gasteiger partial charge is 0.497 e. The topological polar surface area (TPSA) is 47.9 Å². The predicted molar refractivity (Wildman–Crippen MR) is 76.7 cm³/mol. The minimum atomic E-state index is -0.481. The van der Waals surface area contributed by atoms with Crippen LogP contribution in [0.5, 0.6) is 23.0 Å². The second-order valence-electron chi connectivity index (χ2n) is 4.41. The Hall–Kier alpha value is -2.20. The Kier molecular flexibility index (Phi) is 4.85. The number of hydrogen-bond acceptors (Lipinski definition) is 4. The van der Waals surface area contributed by atoms with Crippen LogP contribution in [0.4, 0.5) is 0 Å². The molecule has 2 aromatic carbocycles. The number of aliphatic hydroxyl groups is 1. The lowest BCUT2D eigenvalue weighted by atomic mass is 10.3. The number of rotatable bonds is 6. The van der Waals surface area contributed by atoms with Crippen LogP contribution in [-0.2, 0) is 0 Å². The van der Waals surface area contributed by atoms with Gasteiger partial charge in [0.1, 0.15) is 29.6 Å². The predicted octanol–water partition coefficient (Wildman–Crippen LogP) is 3.25. The molecule has 0 saturated carbocycles. The highest BCUT2D eigenvalue weighted by molar-refractivity contribution is 5.37. The molecule has 2 aromatic rings. The summed E-state index contributed by atoms with van der Waals surface area (Å²) in [5.74, 6) is 2.95. The number of methoxy groups -OCH3 is 1. The average molecular weight is 274 g/mol. The maximum absolute atomic E-state index is 9.15. The van der Waals surface area contributed by atoms with Crippen molar-refractivity contribution in [3.05, 3.63) is 48.5 Å². The molecule has 1 atom stereocenters. The van der Waals surface area contributed by atoms with Crippen molar-refractivity contribution in [3.63, 3.8) is 0 Å². The van der Waals surface area contributed by atoms with Gasteiger partial charge >= 0.3 is 0 Å². The van der Waals surface area contributed by atoms with Crippen LogP contribution in [0, 0.1) is 0 Å². The van der Waals surface area contributed by atoms with E-state index in [2.05, 4.69) is 0 Å². The molecule has 0 aliphatic rings. The van der Waals surface area contributed by atoms with Crippen molar-refractivity contribution < 1.29 is 19.3 Å². The molecule has 0 aliphatic heterocycles. The molecule has 20 heavy (non-hydrogen) atoms. The molecule has 0 aliphatic carbocycles. The van der Waals surface area contributed by atoms with E-state index in [1.165, 1.54) is 0 Å². The highest BCUT2D eigenvalue weighted by Gasteiger charge is 2.01. The molecule has 2 rings (SSSR count). The van der Waals surface area contributed by atoms with Crippen LogP contribution in [-0.4, -0.2) is 24.9 Å². The van der Waals surface area contributed by atoms with Crippen molar-refractivity contribution >= 4 is 0 Å². The summed E-state index contributed by atoms with van der Waals surface area (Å²) in [5, 5.41) is 9.15. The third-order valence-corrected chi connectivity index (χ3v) is 2.61. The van der Waals surface area contributed by atoms with E-state index in [9.17, 15) is 0 Å². The molecule has 4 heteroatoms. The van der Waals surface area contributed by atoms with Crippen molar-refractivity contribution in [2.45, 2.75) is 13.0 Å². The number of hydrogen-bond donors (Lipinski definition) is 1. The molecule has 0 radical (unpaired) electrons. The standard InChI is InChI=1S/C16H18O4/c1-12(17)11-19-14-5-9-16(10-6-14)20-15-7-3-13(18-2)4-8-15/h3-10,12,17H,11H2,1-2H3. The molecule has 0 aromatic heterocycles. The smallest absolute Gasteiger partial charge is 0.127 e. The van der Waals surface area contributed by atoms with Crippen molar-refractivity contribution in [1.29, 1.82) is 0 Å². The van der Waals surface area contributed by atoms with Crippen molar-refractivity contribution in [3.8, 4) is 23.0 Å². The molecule has 1 N–H and O–H groups in total. The Morgan fingerprint density at radius 1 is 0.850 bits per heavy atom. The Labute approximate surface area is 118 Å². The van der Waals surface area contributed by atoms with Crippen LogP contribution in [0.1, 0.15) is 6.92 Å². The maximum atomic E-state index is 9.15. The number of ether oxygens (including phenoxy) is 3. The second-order valence-corrected chi connectivity index (χ2v) is 4.41. The van der Waals surface area contributed by atoms with Crippen LogP contribution in [0.3, 0.4) is 0 Å². The van der Waals surface area contributed by atoms with E-state index in [1.54, 1.807) is 26.2 Å². The first-order valence-electron chi connectivity index (χ1n) is 6.40. The second kappa shape index (κ2) is 6.82. The van der Waals surface area contributed by atoms with E-state index in [4.69, 9.17) is 19.3 Å². The molecule has 0 saturated heterocycles. The van der Waals surface area contributed by atoms with Gasteiger partial charge < -0.3 is 19.3 Å². The summed E-state index contributed by atoms with van der Waals surface area (Å²) >= 11 is 0. The van der Waals surface area contributed by atoms with Crippen LogP contribution in [0.2, 0.25) is 0 Å². The van der Waals surface area contributed by atoms with Gasteiger partial charge in [-0.1, -0.05) is 0 Å². The van der Waals surface area contributed by atoms with E-state index >= 15 is 0 Å². The van der Waals surface area contributed by atoms with E-state index in [0.717, 1.165) is 17.2 Å². The average Bonchev–Trinajstić information content (AvgIpc) is 2.47. The summed E-state index contributed by atoms with van der Waals surface area (Å²) in [7, 11) is 1.63. The van der Waals surface area contributed by atoms with Crippen LogP contribution in [0.15, 0.2) is 48.5 Å². The van der Waals surface area contributed by atoms with E-state index in [0.29, 0.717) is 5.75 Å². The van der Waals surface area contributed by atoms with Gasteiger partial charge in [0.05, 0.1) is 13.2 Å². The molecule has 1 unspecified atom stereocenters. The molecule has 4 nitrogen and oxygen atoms in total. The fraction of sp³-hybridized carbons (Fsp3) is 0.250. The first-order valence-corrected chi connectivity index (χ1v) is 6.40. The first-order chi connectivity index (χ1) is 9.67. The molecular formula is C16H18O4. The highest BCUT2D eigenvalue weighted by atomic mass is 16.5. The van der Waals surface area contributed by atoms with Gasteiger partial charge in [0.2, 0.25) is 0 Å². The van der Waals surface area contributed by atoms with Crippen LogP contribution < -0.4 is 14.2 Å². The number of aliphatic hydroxyl groups excluding tert-OH is 1. The van der Waals surface area contributed by atoms with Gasteiger partial charge in [-0.2, -0.15) is 0 Å². The molecular weight excluding hydrogens is 256 g/mol. The zero-order chi connectivity index (χ0) is 14.4. The van der Waals surface area contributed by atoms with Gasteiger partial charge in [0.15, 0.2) is 0 Å². The quantitative estimate of drug-likeness (QED) is 0.878. The van der Waals surface area contributed by atoms with Crippen LogP contribution in [0.25, 0.3) is 0 Å². The maximum Gasteiger partial charge on any atom is 0.127 e. The Morgan fingerprint density at radius 3 is 1.75 bits per heavy atom. The lowest BCUT2D eigenvalue weighted by Crippen LogP contribution is -2.12. The third-order valence-electron chi connectivity index (χ3n) is 2.61. The zero-order valence-corrected chi connectivity index (χ0v) is 11.6. The summed E-state index contributed by atoms with van der Waals surface area (Å²) < 4.78 is 16.2. The van der Waals surface area contributed by atoms with Crippen molar-refractivity contribution in [2.24, 2.45) is 0 Å². The van der Waals surface area contributed by atoms with Crippen molar-refractivity contribution in [2.75, 3.05) is 13.7 Å². The lowest BCUT2D eigenvalue weighted by molar-refractivity contribution is 0.122. The fourth-order valence-electron chi connectivity index (χ4n) is 1.60. The Bertz CT molecular complexity index is 517. The Morgan fingerprint density at radius 2 is 1.30 bits per heavy atom. The molecule has 0 bridgehead atoms. The van der Waals surface area contributed by atoms with Gasteiger partial charge in [0.25, 0.3) is 0 Å². The van der Waals surface area contributed by atoms with Gasteiger partial charge in [-0.25, -0.2) is 0 Å². The zero-order valence-electron chi connectivity index (χ0n) is 11.6. The van der Waals surface area contributed by atoms with Gasteiger partial charge in [-0.15, -0.1) is 0 Å². The SMILES string of the molecule is COc1ccc(Oc2ccc(OCC(C)O)cc2)cc1. The molecule has 106 valence electrons. The van der Waals surface area contributed by atoms with E-state index in [1.807, 2.05) is 36.4 Å². The van der Waals surface area contributed by atoms with E-state index in [-0.39, 0.29) is 6.61 Å². The molecule has 0 amide bonds. The van der Waals surface area contributed by atoms with Crippen molar-refractivity contribution in [1.82, 2.24) is 0 Å². The fourth-order valence-corrected chi connectivity index (χ4v) is 1.60. The summed E-state index contributed by atoms with van der Waals surface area (Å²) in [6.45, 7) is 1.96. The summed E-state index contributed by atoms with van der Waals surface area (Å²) in [4.78, 5) is 0. The monoisotopic (exact) mass is 274 g/mol. The van der Waals surface area contributed by atoms with Gasteiger partial charge in [-0.05, 0) is 55.5 Å². The normalized spacial score (nSPS) is 11.8. The van der Waals surface area contributed by atoms with Gasteiger partial charge in [0, 0.05) is 0 Å². The molecule has 0 spiro atoms. The number of benzene rings is 2. The molecule has 0 heterocycles. The Balaban J connectivity index is 1.95. The van der Waals surface area contributed by atoms with Crippen LogP contribution >= 0.6 is 0 Å². The first kappa shape index (κ1) is 14.2. The minimum Gasteiger partial charge on any atom is -0.497 e. The third kappa shape index (κ3) is 4.17. The summed E-state index contributed by atoms with van der Waals surface area (Å²) in [6, 6.07) is 14.6. The minimum absolute atomic E-state index is 0.276. The molecule has 0 fully saturated rings. The summed E-state index contributed by atoms with van der Waals surface area (Å²) in [6.07, 6.45) is -0.481. The van der Waals surface area contributed by atoms with Gasteiger partial charge in [-0.3, -0.25) is 0 Å².